The number of halogens is 1. The van der Waals surface area contributed by atoms with E-state index in [4.69, 9.17) is 11.6 Å². The molecule has 92 valence electrons. The number of hydrogen-bond donors (Lipinski definition) is 1. The summed E-state index contributed by atoms with van der Waals surface area (Å²) in [4.78, 5) is 13.4. The van der Waals surface area contributed by atoms with Crippen LogP contribution in [0, 0.1) is 5.92 Å². The molecule has 1 N–H and O–H groups in total. The van der Waals surface area contributed by atoms with Crippen molar-refractivity contribution in [2.75, 3.05) is 18.0 Å². The van der Waals surface area contributed by atoms with Crippen LogP contribution in [0.4, 0.5) is 5.69 Å². The van der Waals surface area contributed by atoms with E-state index < -0.39 is 5.97 Å². The first-order valence-corrected chi connectivity index (χ1v) is 6.28. The third-order valence-corrected chi connectivity index (χ3v) is 3.72. The number of rotatable bonds is 3. The Morgan fingerprint density at radius 1 is 1.59 bits per heavy atom. The molecule has 1 aromatic rings. The van der Waals surface area contributed by atoms with Crippen LogP contribution in [0.1, 0.15) is 30.1 Å². The maximum Gasteiger partial charge on any atom is 0.339 e. The second-order valence-electron chi connectivity index (χ2n) is 4.45. The highest BCUT2D eigenvalue weighted by Gasteiger charge is 2.25. The molecular formula is C13H16ClNO2. The van der Waals surface area contributed by atoms with Crippen LogP contribution in [0.5, 0.6) is 0 Å². The highest BCUT2D eigenvalue weighted by atomic mass is 35.5. The molecule has 0 bridgehead atoms. The summed E-state index contributed by atoms with van der Waals surface area (Å²) in [5, 5.41) is 9.53. The zero-order valence-electron chi connectivity index (χ0n) is 9.82. The van der Waals surface area contributed by atoms with Crippen molar-refractivity contribution in [1.29, 1.82) is 0 Å². The number of aromatic carboxylic acids is 1. The first-order valence-electron chi connectivity index (χ1n) is 5.90. The number of anilines is 1. The lowest BCUT2D eigenvalue weighted by molar-refractivity contribution is 0.0698. The van der Waals surface area contributed by atoms with Crippen LogP contribution >= 0.6 is 11.6 Å². The monoisotopic (exact) mass is 253 g/mol. The molecule has 3 nitrogen and oxygen atoms in total. The lowest BCUT2D eigenvalue weighted by Crippen LogP contribution is -2.22. The molecule has 0 amide bonds. The highest BCUT2D eigenvalue weighted by molar-refractivity contribution is 6.34. The Hall–Kier alpha value is -1.22. The fourth-order valence-electron chi connectivity index (χ4n) is 2.37. The predicted molar refractivity (Wildman–Crippen MR) is 69.0 cm³/mol. The van der Waals surface area contributed by atoms with Crippen LogP contribution in [0.15, 0.2) is 18.2 Å². The molecule has 0 aromatic heterocycles. The van der Waals surface area contributed by atoms with Crippen LogP contribution in [0.25, 0.3) is 0 Å². The molecule has 1 heterocycles. The fraction of sp³-hybridized carbons (Fsp3) is 0.462. The smallest absolute Gasteiger partial charge is 0.339 e. The van der Waals surface area contributed by atoms with Crippen LogP contribution in [-0.4, -0.2) is 24.2 Å². The fourth-order valence-corrected chi connectivity index (χ4v) is 2.62. The number of hydrogen-bond acceptors (Lipinski definition) is 2. The second-order valence-corrected chi connectivity index (χ2v) is 4.86. The molecule has 0 aliphatic carbocycles. The van der Waals surface area contributed by atoms with Gasteiger partial charge >= 0.3 is 5.97 Å². The summed E-state index contributed by atoms with van der Waals surface area (Å²) in [6.45, 7) is 4.01. The summed E-state index contributed by atoms with van der Waals surface area (Å²) in [6.07, 6.45) is 2.27. The molecule has 0 radical (unpaired) electrons. The highest BCUT2D eigenvalue weighted by Crippen LogP contribution is 2.32. The third-order valence-electron chi connectivity index (χ3n) is 3.41. The molecular weight excluding hydrogens is 238 g/mol. The minimum atomic E-state index is -0.953. The van der Waals surface area contributed by atoms with Gasteiger partial charge in [-0.25, -0.2) is 4.79 Å². The molecule has 1 unspecified atom stereocenters. The molecule has 0 spiro atoms. The second kappa shape index (κ2) is 4.96. The minimum absolute atomic E-state index is 0.228. The number of nitrogens with zero attached hydrogens (tertiary/aromatic N) is 1. The van der Waals surface area contributed by atoms with E-state index in [1.165, 1.54) is 0 Å². The molecule has 1 aromatic carbocycles. The Morgan fingerprint density at radius 2 is 2.35 bits per heavy atom. The zero-order valence-corrected chi connectivity index (χ0v) is 10.6. The third kappa shape index (κ3) is 2.39. The lowest BCUT2D eigenvalue weighted by Gasteiger charge is -2.21. The quantitative estimate of drug-likeness (QED) is 0.899. The Balaban J connectivity index is 2.33. The summed E-state index contributed by atoms with van der Waals surface area (Å²) >= 11 is 5.97. The van der Waals surface area contributed by atoms with Crippen molar-refractivity contribution >= 4 is 23.3 Å². The SMILES string of the molecule is CCC1CCN(c2cccc(Cl)c2C(=O)O)C1. The first-order chi connectivity index (χ1) is 8.13. The Labute approximate surface area is 106 Å². The standard InChI is InChI=1S/C13H16ClNO2/c1-2-9-6-7-15(8-9)11-5-3-4-10(14)12(11)13(16)17/h3-5,9H,2,6-8H2,1H3,(H,16,17). The van der Waals surface area contributed by atoms with Gasteiger partial charge in [0.15, 0.2) is 0 Å². The van der Waals surface area contributed by atoms with Crippen molar-refractivity contribution in [3.05, 3.63) is 28.8 Å². The molecule has 17 heavy (non-hydrogen) atoms. The van der Waals surface area contributed by atoms with Gasteiger partial charge < -0.3 is 10.0 Å². The molecule has 4 heteroatoms. The van der Waals surface area contributed by atoms with Crippen LogP contribution in [0.3, 0.4) is 0 Å². The van der Waals surface area contributed by atoms with E-state index in [2.05, 4.69) is 11.8 Å². The number of carbonyl (C=O) groups is 1. The van der Waals surface area contributed by atoms with Gasteiger partial charge in [0.2, 0.25) is 0 Å². The lowest BCUT2D eigenvalue weighted by atomic mass is 10.1. The predicted octanol–water partition coefficient (Wildman–Crippen LogP) is 3.27. The summed E-state index contributed by atoms with van der Waals surface area (Å²) < 4.78 is 0. The van der Waals surface area contributed by atoms with E-state index in [0.29, 0.717) is 10.9 Å². The maximum absolute atomic E-state index is 11.2. The van der Waals surface area contributed by atoms with Gasteiger partial charge in [0.1, 0.15) is 5.56 Å². The van der Waals surface area contributed by atoms with E-state index in [9.17, 15) is 9.90 Å². The van der Waals surface area contributed by atoms with Crippen molar-refractivity contribution < 1.29 is 9.90 Å². The Morgan fingerprint density at radius 3 is 2.94 bits per heavy atom. The van der Waals surface area contributed by atoms with E-state index >= 15 is 0 Å². The zero-order chi connectivity index (χ0) is 12.4. The van der Waals surface area contributed by atoms with E-state index in [0.717, 1.165) is 31.6 Å². The molecule has 1 aliphatic heterocycles. The summed E-state index contributed by atoms with van der Waals surface area (Å²) in [7, 11) is 0. The largest absolute Gasteiger partial charge is 0.478 e. The average molecular weight is 254 g/mol. The van der Waals surface area contributed by atoms with Crippen molar-refractivity contribution in [2.45, 2.75) is 19.8 Å². The van der Waals surface area contributed by atoms with Crippen LogP contribution in [0.2, 0.25) is 5.02 Å². The normalized spacial score (nSPS) is 19.6. The summed E-state index contributed by atoms with van der Waals surface area (Å²) in [6, 6.07) is 5.28. The molecule has 2 rings (SSSR count). The molecule has 1 aliphatic rings. The van der Waals surface area contributed by atoms with Gasteiger partial charge in [-0.05, 0) is 24.5 Å². The molecule has 0 saturated carbocycles. The van der Waals surface area contributed by atoms with E-state index in [-0.39, 0.29) is 5.56 Å². The topological polar surface area (TPSA) is 40.5 Å². The van der Waals surface area contributed by atoms with Gasteiger partial charge in [0, 0.05) is 13.1 Å². The molecule has 1 atom stereocenters. The molecule has 1 saturated heterocycles. The van der Waals surface area contributed by atoms with Crippen LogP contribution in [-0.2, 0) is 0 Å². The van der Waals surface area contributed by atoms with Gasteiger partial charge in [0.25, 0.3) is 0 Å². The maximum atomic E-state index is 11.2. The average Bonchev–Trinajstić information content (AvgIpc) is 2.76. The summed E-state index contributed by atoms with van der Waals surface area (Å²) in [5.41, 5.74) is 0.979. The van der Waals surface area contributed by atoms with Crippen molar-refractivity contribution in [1.82, 2.24) is 0 Å². The minimum Gasteiger partial charge on any atom is -0.478 e. The van der Waals surface area contributed by atoms with Crippen molar-refractivity contribution in [2.24, 2.45) is 5.92 Å². The van der Waals surface area contributed by atoms with Gasteiger partial charge in [-0.3, -0.25) is 0 Å². The first kappa shape index (κ1) is 12.2. The summed E-state index contributed by atoms with van der Waals surface area (Å²) in [5.74, 6) is -0.291. The Kier molecular flexibility index (Phi) is 3.57. The van der Waals surface area contributed by atoms with E-state index in [1.807, 2.05) is 12.1 Å². The van der Waals surface area contributed by atoms with Gasteiger partial charge in [-0.15, -0.1) is 0 Å². The van der Waals surface area contributed by atoms with Gasteiger partial charge in [-0.2, -0.15) is 0 Å². The van der Waals surface area contributed by atoms with Gasteiger partial charge in [-0.1, -0.05) is 31.0 Å². The van der Waals surface area contributed by atoms with E-state index in [1.54, 1.807) is 6.07 Å². The van der Waals surface area contributed by atoms with Crippen molar-refractivity contribution in [3.63, 3.8) is 0 Å². The Bertz CT molecular complexity index is 433. The van der Waals surface area contributed by atoms with Gasteiger partial charge in [0.05, 0.1) is 10.7 Å². The van der Waals surface area contributed by atoms with Crippen LogP contribution < -0.4 is 4.90 Å². The number of carboxylic acid groups (broad SMARTS) is 1. The number of carboxylic acids is 1. The number of benzene rings is 1. The molecule has 1 fully saturated rings. The van der Waals surface area contributed by atoms with Crippen molar-refractivity contribution in [3.8, 4) is 0 Å².